The van der Waals surface area contributed by atoms with E-state index in [9.17, 15) is 5.26 Å². The van der Waals surface area contributed by atoms with Crippen molar-refractivity contribution in [2.24, 2.45) is 7.05 Å². The van der Waals surface area contributed by atoms with Crippen molar-refractivity contribution < 1.29 is 14.2 Å². The Morgan fingerprint density at radius 2 is 1.61 bits per heavy atom. The second kappa shape index (κ2) is 7.49. The van der Waals surface area contributed by atoms with Crippen LogP contribution in [0.25, 0.3) is 11.3 Å². The summed E-state index contributed by atoms with van der Waals surface area (Å²) >= 11 is 0. The van der Waals surface area contributed by atoms with Crippen molar-refractivity contribution >= 4 is 0 Å². The summed E-state index contributed by atoms with van der Waals surface area (Å²) in [6.45, 7) is 7.17. The summed E-state index contributed by atoms with van der Waals surface area (Å²) in [5.74, 6) is 1.70. The van der Waals surface area contributed by atoms with Crippen LogP contribution in [0.2, 0.25) is 0 Å². The summed E-state index contributed by atoms with van der Waals surface area (Å²) in [6, 6.07) is 5.68. The average Bonchev–Trinajstić information content (AvgIpc) is 2.91. The van der Waals surface area contributed by atoms with E-state index < -0.39 is 0 Å². The molecule has 23 heavy (non-hydrogen) atoms. The van der Waals surface area contributed by atoms with Gasteiger partial charge in [-0.2, -0.15) is 5.26 Å². The van der Waals surface area contributed by atoms with Crippen LogP contribution in [0.1, 0.15) is 26.5 Å². The molecule has 0 N–H and O–H groups in total. The minimum Gasteiger partial charge on any atom is -0.490 e. The maximum atomic E-state index is 9.22. The summed E-state index contributed by atoms with van der Waals surface area (Å²) in [6.07, 6.45) is 0. The maximum Gasteiger partial charge on any atom is 0.203 e. The Morgan fingerprint density at radius 1 is 1.04 bits per heavy atom. The van der Waals surface area contributed by atoms with Gasteiger partial charge in [0.15, 0.2) is 17.2 Å². The van der Waals surface area contributed by atoms with E-state index in [0.717, 1.165) is 5.56 Å². The van der Waals surface area contributed by atoms with E-state index in [1.54, 1.807) is 11.7 Å². The lowest BCUT2D eigenvalue weighted by Gasteiger charge is -2.17. The van der Waals surface area contributed by atoms with Crippen LogP contribution in [0.5, 0.6) is 17.2 Å². The second-order valence-electron chi connectivity index (χ2n) is 4.62. The highest BCUT2D eigenvalue weighted by atomic mass is 16.5. The van der Waals surface area contributed by atoms with Gasteiger partial charge in [-0.05, 0) is 32.9 Å². The third-order valence-corrected chi connectivity index (χ3v) is 3.12. The normalized spacial score (nSPS) is 10.2. The van der Waals surface area contributed by atoms with Crippen LogP contribution in [-0.2, 0) is 7.05 Å². The van der Waals surface area contributed by atoms with Crippen molar-refractivity contribution in [3.63, 3.8) is 0 Å². The van der Waals surface area contributed by atoms with Gasteiger partial charge in [-0.15, -0.1) is 5.10 Å². The largest absolute Gasteiger partial charge is 0.490 e. The molecular weight excluding hydrogens is 296 g/mol. The Kier molecular flexibility index (Phi) is 5.41. The molecule has 0 saturated carbocycles. The Hall–Kier alpha value is -2.75. The summed E-state index contributed by atoms with van der Waals surface area (Å²) in [5, 5.41) is 17.0. The van der Waals surface area contributed by atoms with E-state index in [4.69, 9.17) is 14.2 Å². The number of hydrogen-bond acceptors (Lipinski definition) is 6. The third-order valence-electron chi connectivity index (χ3n) is 3.12. The van der Waals surface area contributed by atoms with E-state index in [1.165, 1.54) is 0 Å². The molecule has 1 heterocycles. The number of nitriles is 1. The van der Waals surface area contributed by atoms with Crippen molar-refractivity contribution in [1.29, 1.82) is 5.26 Å². The second-order valence-corrected chi connectivity index (χ2v) is 4.62. The van der Waals surface area contributed by atoms with Gasteiger partial charge in [0.1, 0.15) is 11.8 Å². The van der Waals surface area contributed by atoms with Crippen LogP contribution in [0, 0.1) is 11.3 Å². The third kappa shape index (κ3) is 3.37. The topological polar surface area (TPSA) is 82.2 Å². The first-order valence-corrected chi connectivity index (χ1v) is 7.52. The predicted molar refractivity (Wildman–Crippen MR) is 84.7 cm³/mol. The van der Waals surface area contributed by atoms with Gasteiger partial charge in [0, 0.05) is 12.6 Å². The molecule has 7 nitrogen and oxygen atoms in total. The number of hydrogen-bond donors (Lipinski definition) is 0. The maximum absolute atomic E-state index is 9.22. The van der Waals surface area contributed by atoms with Crippen molar-refractivity contribution in [3.05, 3.63) is 17.8 Å². The Balaban J connectivity index is 2.65. The fourth-order valence-electron chi connectivity index (χ4n) is 2.28. The van der Waals surface area contributed by atoms with Crippen LogP contribution in [0.3, 0.4) is 0 Å². The number of benzene rings is 1. The van der Waals surface area contributed by atoms with Crippen LogP contribution in [0.15, 0.2) is 12.1 Å². The molecule has 1 aromatic heterocycles. The van der Waals surface area contributed by atoms with Crippen molar-refractivity contribution in [3.8, 4) is 34.6 Å². The summed E-state index contributed by atoms with van der Waals surface area (Å²) in [5.41, 5.74) is 1.60. The molecule has 0 unspecified atom stereocenters. The molecule has 122 valence electrons. The highest BCUT2D eigenvalue weighted by Gasteiger charge is 2.20. The smallest absolute Gasteiger partial charge is 0.203 e. The fraction of sp³-hybridized carbons (Fsp3) is 0.438. The molecule has 0 saturated heterocycles. The molecule has 0 amide bonds. The van der Waals surface area contributed by atoms with Gasteiger partial charge in [-0.1, -0.05) is 5.21 Å². The first-order valence-electron chi connectivity index (χ1n) is 7.52. The van der Waals surface area contributed by atoms with Gasteiger partial charge in [-0.25, -0.2) is 4.68 Å². The number of aryl methyl sites for hydroxylation is 1. The molecule has 2 rings (SSSR count). The van der Waals surface area contributed by atoms with Crippen LogP contribution < -0.4 is 14.2 Å². The zero-order valence-electron chi connectivity index (χ0n) is 13.8. The van der Waals surface area contributed by atoms with E-state index in [2.05, 4.69) is 16.4 Å². The monoisotopic (exact) mass is 316 g/mol. The van der Waals surface area contributed by atoms with Crippen molar-refractivity contribution in [1.82, 2.24) is 15.0 Å². The Labute approximate surface area is 135 Å². The molecule has 0 radical (unpaired) electrons. The lowest BCUT2D eigenvalue weighted by molar-refractivity contribution is 0.261. The fourth-order valence-corrected chi connectivity index (χ4v) is 2.28. The van der Waals surface area contributed by atoms with Gasteiger partial charge in [0.25, 0.3) is 0 Å². The van der Waals surface area contributed by atoms with Gasteiger partial charge in [0.05, 0.1) is 19.8 Å². The van der Waals surface area contributed by atoms with Crippen LogP contribution in [0.4, 0.5) is 0 Å². The summed E-state index contributed by atoms with van der Waals surface area (Å²) < 4.78 is 18.6. The van der Waals surface area contributed by atoms with Crippen LogP contribution in [-0.4, -0.2) is 34.8 Å². The molecule has 1 aromatic carbocycles. The quantitative estimate of drug-likeness (QED) is 0.780. The molecule has 0 fully saturated rings. The minimum absolute atomic E-state index is 0.251. The lowest BCUT2D eigenvalue weighted by atomic mass is 10.1. The van der Waals surface area contributed by atoms with Crippen molar-refractivity contribution in [2.75, 3.05) is 19.8 Å². The van der Waals surface area contributed by atoms with Crippen LogP contribution >= 0.6 is 0 Å². The Bertz CT molecular complexity index is 692. The molecule has 0 bridgehead atoms. The van der Waals surface area contributed by atoms with E-state index >= 15 is 0 Å². The predicted octanol–water partition coefficient (Wildman–Crippen LogP) is 2.55. The van der Waals surface area contributed by atoms with E-state index in [0.29, 0.717) is 42.8 Å². The first-order chi connectivity index (χ1) is 11.2. The number of ether oxygens (including phenoxy) is 3. The molecule has 0 aliphatic rings. The minimum atomic E-state index is 0.251. The molecular formula is C16H20N4O3. The Morgan fingerprint density at radius 3 is 2.09 bits per heavy atom. The van der Waals surface area contributed by atoms with Gasteiger partial charge in [-0.3, -0.25) is 0 Å². The molecule has 0 aliphatic carbocycles. The van der Waals surface area contributed by atoms with E-state index in [1.807, 2.05) is 32.9 Å². The highest BCUT2D eigenvalue weighted by Crippen LogP contribution is 2.42. The van der Waals surface area contributed by atoms with Crippen molar-refractivity contribution in [2.45, 2.75) is 20.8 Å². The van der Waals surface area contributed by atoms with Gasteiger partial charge >= 0.3 is 0 Å². The standard InChI is InChI=1S/C16H20N4O3/c1-5-21-13-8-11(15-12(10-17)18-19-20(15)4)9-14(22-6-2)16(13)23-7-3/h8-9H,5-7H2,1-4H3. The first kappa shape index (κ1) is 16.6. The lowest BCUT2D eigenvalue weighted by Crippen LogP contribution is -2.04. The zero-order valence-corrected chi connectivity index (χ0v) is 13.8. The molecule has 0 spiro atoms. The van der Waals surface area contributed by atoms with Gasteiger partial charge in [0.2, 0.25) is 5.75 Å². The number of aromatic nitrogens is 3. The molecule has 2 aromatic rings. The highest BCUT2D eigenvalue weighted by molar-refractivity contribution is 5.71. The van der Waals surface area contributed by atoms with E-state index in [-0.39, 0.29) is 5.69 Å². The zero-order chi connectivity index (χ0) is 16.8. The molecule has 0 aliphatic heterocycles. The average molecular weight is 316 g/mol. The molecule has 0 atom stereocenters. The SMILES string of the molecule is CCOc1cc(-c2c(C#N)nnn2C)cc(OCC)c1OCC. The summed E-state index contributed by atoms with van der Waals surface area (Å²) in [7, 11) is 1.74. The number of nitrogens with zero attached hydrogens (tertiary/aromatic N) is 4. The summed E-state index contributed by atoms with van der Waals surface area (Å²) in [4.78, 5) is 0. The molecule has 7 heteroatoms. The number of rotatable bonds is 7. The van der Waals surface area contributed by atoms with Gasteiger partial charge < -0.3 is 14.2 Å².